The molecule has 0 aromatic carbocycles. The third-order valence-electron chi connectivity index (χ3n) is 5.74. The maximum Gasteiger partial charge on any atom is 0.326 e. The van der Waals surface area contributed by atoms with Crippen molar-refractivity contribution in [3.8, 4) is 0 Å². The number of unbranched alkanes of at least 4 members (excludes halogenated alkanes) is 1. The van der Waals surface area contributed by atoms with Gasteiger partial charge >= 0.3 is 5.97 Å². The standard InChI is InChI=1S/C23H47N11O5/c1-13(2)17(25)20(37)33-14(7-3-4-10-24)18(35)32-15(8-5-11-30-22(26)27)19(36)34-16(21(38)39)9-6-12-31-23(28)29/h13-17H,3-12,24-25H2,1-2H3,(H,32,35)(H,33,37)(H,34,36)(H,38,39)(H4,26,27,30)(H4,28,29,31). The number of amides is 3. The summed E-state index contributed by atoms with van der Waals surface area (Å²) in [5, 5.41) is 17.3. The van der Waals surface area contributed by atoms with E-state index in [1.54, 1.807) is 13.8 Å². The second kappa shape index (κ2) is 19.4. The molecule has 0 spiro atoms. The fourth-order valence-corrected chi connectivity index (χ4v) is 3.41. The van der Waals surface area contributed by atoms with Gasteiger partial charge in [-0.1, -0.05) is 13.8 Å². The van der Waals surface area contributed by atoms with E-state index in [1.807, 2.05) is 0 Å². The van der Waals surface area contributed by atoms with Gasteiger partial charge in [0.1, 0.15) is 18.1 Å². The van der Waals surface area contributed by atoms with Crippen LogP contribution in [0, 0.1) is 5.92 Å². The summed E-state index contributed by atoms with van der Waals surface area (Å²) in [5.74, 6) is -3.50. The zero-order chi connectivity index (χ0) is 30.0. The predicted octanol–water partition coefficient (Wildman–Crippen LogP) is -3.26. The van der Waals surface area contributed by atoms with Crippen molar-refractivity contribution >= 4 is 35.6 Å². The number of carbonyl (C=O) groups is 4. The van der Waals surface area contributed by atoms with E-state index in [9.17, 15) is 24.3 Å². The molecule has 0 aromatic rings. The minimum absolute atomic E-state index is 0.0530. The van der Waals surface area contributed by atoms with Gasteiger partial charge in [-0.2, -0.15) is 0 Å². The SMILES string of the molecule is CC(C)C(N)C(=O)NC(CCCCN)C(=O)NC(CCCN=C(N)N)C(=O)NC(CCCN=C(N)N)C(=O)O. The van der Waals surface area contributed by atoms with Crippen molar-refractivity contribution in [1.82, 2.24) is 16.0 Å². The van der Waals surface area contributed by atoms with Crippen LogP contribution in [0.2, 0.25) is 0 Å². The molecule has 0 rings (SSSR count). The van der Waals surface area contributed by atoms with Gasteiger partial charge in [-0.25, -0.2) is 4.79 Å². The fourth-order valence-electron chi connectivity index (χ4n) is 3.41. The lowest BCUT2D eigenvalue weighted by molar-refractivity contribution is -0.142. The number of nitrogens with two attached hydrogens (primary N) is 6. The van der Waals surface area contributed by atoms with Crippen LogP contribution in [-0.2, 0) is 19.2 Å². The highest BCUT2D eigenvalue weighted by molar-refractivity contribution is 5.94. The molecular formula is C23H47N11O5. The highest BCUT2D eigenvalue weighted by atomic mass is 16.4. The highest BCUT2D eigenvalue weighted by Crippen LogP contribution is 2.08. The van der Waals surface area contributed by atoms with Crippen molar-refractivity contribution in [3.63, 3.8) is 0 Å². The highest BCUT2D eigenvalue weighted by Gasteiger charge is 2.30. The monoisotopic (exact) mass is 557 g/mol. The van der Waals surface area contributed by atoms with Gasteiger partial charge in [-0.15, -0.1) is 0 Å². The molecule has 0 bridgehead atoms. The average Bonchev–Trinajstić information content (AvgIpc) is 2.85. The van der Waals surface area contributed by atoms with Crippen LogP contribution in [0.5, 0.6) is 0 Å². The molecule has 0 radical (unpaired) electrons. The molecule has 39 heavy (non-hydrogen) atoms. The second-order valence-corrected chi connectivity index (χ2v) is 9.47. The van der Waals surface area contributed by atoms with Crippen LogP contribution in [-0.4, -0.2) is 84.5 Å². The van der Waals surface area contributed by atoms with Crippen LogP contribution in [0.25, 0.3) is 0 Å². The van der Waals surface area contributed by atoms with Crippen molar-refractivity contribution in [3.05, 3.63) is 0 Å². The number of hydrogen-bond acceptors (Lipinski definition) is 8. The van der Waals surface area contributed by atoms with E-state index in [4.69, 9.17) is 34.4 Å². The number of carbonyl (C=O) groups excluding carboxylic acids is 3. The summed E-state index contributed by atoms with van der Waals surface area (Å²) >= 11 is 0. The molecule has 0 aliphatic heterocycles. The van der Waals surface area contributed by atoms with Gasteiger partial charge in [-0.05, 0) is 57.4 Å². The normalized spacial score (nSPS) is 13.9. The summed E-state index contributed by atoms with van der Waals surface area (Å²) in [4.78, 5) is 58.3. The number of nitrogens with one attached hydrogen (secondary N) is 3. The van der Waals surface area contributed by atoms with E-state index in [0.29, 0.717) is 32.2 Å². The summed E-state index contributed by atoms with van der Waals surface area (Å²) in [7, 11) is 0. The van der Waals surface area contributed by atoms with E-state index in [1.165, 1.54) is 0 Å². The van der Waals surface area contributed by atoms with Crippen LogP contribution in [0.4, 0.5) is 0 Å². The van der Waals surface area contributed by atoms with Crippen LogP contribution < -0.4 is 50.4 Å². The quantitative estimate of drug-likeness (QED) is 0.0402. The first-order valence-corrected chi connectivity index (χ1v) is 13.0. The summed E-state index contributed by atoms with van der Waals surface area (Å²) in [5.41, 5.74) is 32.7. The van der Waals surface area contributed by atoms with Gasteiger partial charge in [-0.3, -0.25) is 24.4 Å². The van der Waals surface area contributed by atoms with Crippen LogP contribution in [0.15, 0.2) is 9.98 Å². The Hall–Kier alpha value is -3.66. The third kappa shape index (κ3) is 16.0. The molecule has 4 unspecified atom stereocenters. The summed E-state index contributed by atoms with van der Waals surface area (Å²) in [6.07, 6.45) is 2.19. The molecule has 0 saturated heterocycles. The van der Waals surface area contributed by atoms with Gasteiger partial charge in [0.25, 0.3) is 0 Å². The average molecular weight is 558 g/mol. The maximum absolute atomic E-state index is 13.2. The Balaban J connectivity index is 5.65. The van der Waals surface area contributed by atoms with Crippen molar-refractivity contribution in [2.45, 2.75) is 83.0 Å². The molecule has 3 amide bonds. The van der Waals surface area contributed by atoms with Crippen molar-refractivity contribution in [1.29, 1.82) is 0 Å². The molecule has 4 atom stereocenters. The lowest BCUT2D eigenvalue weighted by Crippen LogP contribution is -2.57. The number of carboxylic acids is 1. The Morgan fingerprint density at radius 3 is 1.51 bits per heavy atom. The Bertz CT molecular complexity index is 842. The second-order valence-electron chi connectivity index (χ2n) is 9.47. The number of carboxylic acid groups (broad SMARTS) is 1. The Kier molecular flexibility index (Phi) is 17.6. The summed E-state index contributed by atoms with van der Waals surface area (Å²) in [6.45, 7) is 4.33. The molecule has 224 valence electrons. The summed E-state index contributed by atoms with van der Waals surface area (Å²) in [6, 6.07) is -4.17. The molecule has 16 nitrogen and oxygen atoms in total. The maximum atomic E-state index is 13.2. The molecule has 16 heteroatoms. The van der Waals surface area contributed by atoms with Crippen molar-refractivity contribution in [2.75, 3.05) is 19.6 Å². The van der Waals surface area contributed by atoms with Gasteiger partial charge in [0.05, 0.1) is 6.04 Å². The Morgan fingerprint density at radius 1 is 0.692 bits per heavy atom. The molecule has 0 saturated carbocycles. The third-order valence-corrected chi connectivity index (χ3v) is 5.74. The van der Waals surface area contributed by atoms with Crippen LogP contribution >= 0.6 is 0 Å². The largest absolute Gasteiger partial charge is 0.480 e. The van der Waals surface area contributed by atoms with E-state index in [0.717, 1.165) is 0 Å². The Labute approximate surface area is 229 Å². The van der Waals surface area contributed by atoms with Gasteiger partial charge in [0.2, 0.25) is 17.7 Å². The van der Waals surface area contributed by atoms with E-state index in [-0.39, 0.29) is 50.2 Å². The first-order chi connectivity index (χ1) is 18.3. The molecular weight excluding hydrogens is 510 g/mol. The number of aliphatic carboxylic acids is 1. The van der Waals surface area contributed by atoms with Crippen molar-refractivity contribution < 1.29 is 24.3 Å². The molecule has 0 aliphatic carbocycles. The topological polar surface area (TPSA) is 305 Å². The van der Waals surface area contributed by atoms with Crippen molar-refractivity contribution in [2.24, 2.45) is 50.3 Å². The number of aliphatic imine (C=N–C) groups is 2. The fraction of sp³-hybridized carbons (Fsp3) is 0.739. The zero-order valence-electron chi connectivity index (χ0n) is 22.9. The van der Waals surface area contributed by atoms with Gasteiger partial charge in [0, 0.05) is 13.1 Å². The lowest BCUT2D eigenvalue weighted by atomic mass is 10.0. The first-order valence-electron chi connectivity index (χ1n) is 13.0. The molecule has 0 aliphatic rings. The number of guanidine groups is 2. The minimum Gasteiger partial charge on any atom is -0.480 e. The minimum atomic E-state index is -1.26. The molecule has 0 fully saturated rings. The predicted molar refractivity (Wildman–Crippen MR) is 149 cm³/mol. The number of hydrogen-bond donors (Lipinski definition) is 10. The van der Waals surface area contributed by atoms with E-state index >= 15 is 0 Å². The molecule has 0 heterocycles. The molecule has 0 aromatic heterocycles. The summed E-state index contributed by atoms with van der Waals surface area (Å²) < 4.78 is 0. The number of rotatable bonds is 20. The van der Waals surface area contributed by atoms with E-state index < -0.39 is 47.9 Å². The smallest absolute Gasteiger partial charge is 0.326 e. The van der Waals surface area contributed by atoms with Gasteiger partial charge < -0.3 is 55.5 Å². The first kappa shape index (κ1) is 35.3. The van der Waals surface area contributed by atoms with E-state index in [2.05, 4.69) is 25.9 Å². The molecule has 16 N–H and O–H groups in total. The van der Waals surface area contributed by atoms with Crippen LogP contribution in [0.3, 0.4) is 0 Å². The zero-order valence-corrected chi connectivity index (χ0v) is 22.9. The number of nitrogens with zero attached hydrogens (tertiary/aromatic N) is 2. The van der Waals surface area contributed by atoms with Gasteiger partial charge in [0.15, 0.2) is 11.9 Å². The lowest BCUT2D eigenvalue weighted by Gasteiger charge is -2.26. The Morgan fingerprint density at radius 2 is 1.10 bits per heavy atom. The van der Waals surface area contributed by atoms with Crippen LogP contribution in [0.1, 0.15) is 58.8 Å².